The average molecular weight is 395 g/mol. The predicted molar refractivity (Wildman–Crippen MR) is 112 cm³/mol. The number of benzene rings is 2. The Morgan fingerprint density at radius 1 is 1.14 bits per heavy atom. The van der Waals surface area contributed by atoms with Crippen LogP contribution in [0.1, 0.15) is 24.0 Å². The number of aryl methyl sites for hydroxylation is 2. The van der Waals surface area contributed by atoms with Gasteiger partial charge in [0, 0.05) is 18.9 Å². The van der Waals surface area contributed by atoms with E-state index >= 15 is 0 Å². The van der Waals surface area contributed by atoms with Gasteiger partial charge in [0.25, 0.3) is 5.91 Å². The van der Waals surface area contributed by atoms with Gasteiger partial charge in [0.2, 0.25) is 5.91 Å². The Morgan fingerprint density at radius 3 is 2.72 bits per heavy atom. The van der Waals surface area contributed by atoms with E-state index in [0.29, 0.717) is 42.5 Å². The zero-order chi connectivity index (χ0) is 20.8. The molecule has 0 saturated heterocycles. The average Bonchev–Trinajstić information content (AvgIpc) is 2.73. The first-order valence-electron chi connectivity index (χ1n) is 9.50. The molecule has 29 heavy (non-hydrogen) atoms. The molecule has 152 valence electrons. The molecule has 7 heteroatoms. The quantitative estimate of drug-likeness (QED) is 0.731. The van der Waals surface area contributed by atoms with Gasteiger partial charge in [-0.25, -0.2) is 5.01 Å². The lowest BCUT2D eigenvalue weighted by molar-refractivity contribution is -0.119. The first-order valence-corrected chi connectivity index (χ1v) is 9.50. The third kappa shape index (κ3) is 5.13. The molecule has 0 saturated carbocycles. The van der Waals surface area contributed by atoms with Gasteiger partial charge in [-0.15, -0.1) is 0 Å². The van der Waals surface area contributed by atoms with E-state index in [0.717, 1.165) is 11.1 Å². The third-order valence-corrected chi connectivity index (χ3v) is 4.59. The molecule has 0 aromatic heterocycles. The van der Waals surface area contributed by atoms with Crippen LogP contribution >= 0.6 is 0 Å². The number of hydrogen-bond acceptors (Lipinski definition) is 5. The Balaban J connectivity index is 1.59. The Labute approximate surface area is 170 Å². The van der Waals surface area contributed by atoms with E-state index in [1.54, 1.807) is 13.2 Å². The molecule has 1 aliphatic heterocycles. The van der Waals surface area contributed by atoms with Crippen molar-refractivity contribution >= 4 is 23.2 Å². The van der Waals surface area contributed by atoms with E-state index in [1.165, 1.54) is 5.01 Å². The predicted octanol–water partition coefficient (Wildman–Crippen LogP) is 2.99. The fourth-order valence-corrected chi connectivity index (χ4v) is 2.98. The summed E-state index contributed by atoms with van der Waals surface area (Å²) in [4.78, 5) is 24.8. The van der Waals surface area contributed by atoms with Crippen molar-refractivity contribution in [2.45, 2.75) is 26.7 Å². The fourth-order valence-electron chi connectivity index (χ4n) is 2.98. The number of ether oxygens (including phenoxy) is 2. The minimum Gasteiger partial charge on any atom is -0.497 e. The van der Waals surface area contributed by atoms with Crippen molar-refractivity contribution in [3.05, 3.63) is 53.6 Å². The Hall–Kier alpha value is -3.35. The van der Waals surface area contributed by atoms with Gasteiger partial charge in [0.05, 0.1) is 19.3 Å². The van der Waals surface area contributed by atoms with Crippen LogP contribution in [0.25, 0.3) is 0 Å². The van der Waals surface area contributed by atoms with E-state index in [4.69, 9.17) is 9.47 Å². The fraction of sp³-hybridized carbons (Fsp3) is 0.318. The molecule has 0 atom stereocenters. The number of amides is 2. The van der Waals surface area contributed by atoms with Gasteiger partial charge < -0.3 is 14.8 Å². The molecule has 0 aliphatic carbocycles. The lowest BCUT2D eigenvalue weighted by atomic mass is 10.1. The van der Waals surface area contributed by atoms with Crippen molar-refractivity contribution in [3.8, 4) is 11.5 Å². The molecular weight excluding hydrogens is 370 g/mol. The Kier molecular flexibility index (Phi) is 6.49. The summed E-state index contributed by atoms with van der Waals surface area (Å²) in [6, 6.07) is 13.1. The van der Waals surface area contributed by atoms with Crippen molar-refractivity contribution in [1.29, 1.82) is 0 Å². The van der Waals surface area contributed by atoms with Crippen LogP contribution in [0.3, 0.4) is 0 Å². The van der Waals surface area contributed by atoms with Crippen LogP contribution in [0.4, 0.5) is 5.69 Å². The van der Waals surface area contributed by atoms with Gasteiger partial charge in [0.15, 0.2) is 0 Å². The molecule has 0 spiro atoms. The second kappa shape index (κ2) is 9.23. The number of hydrazone groups is 1. The van der Waals surface area contributed by atoms with Crippen LogP contribution < -0.4 is 19.8 Å². The zero-order valence-electron chi connectivity index (χ0n) is 16.9. The standard InChI is InChI=1S/C22H25N3O4/c1-15-7-8-16(2)20(13-15)25-21(26)10-9-19(24-25)22(27)23-11-12-29-18-6-4-5-17(14-18)28-3/h4-8,13-14H,9-12H2,1-3H3,(H,23,27). The van der Waals surface area contributed by atoms with Gasteiger partial charge in [0.1, 0.15) is 23.8 Å². The first kappa shape index (κ1) is 20.4. The van der Waals surface area contributed by atoms with Crippen LogP contribution in [0.15, 0.2) is 47.6 Å². The van der Waals surface area contributed by atoms with Crippen molar-refractivity contribution < 1.29 is 19.1 Å². The lowest BCUT2D eigenvalue weighted by Gasteiger charge is -2.24. The van der Waals surface area contributed by atoms with Crippen LogP contribution in [0.5, 0.6) is 11.5 Å². The van der Waals surface area contributed by atoms with E-state index in [1.807, 2.05) is 50.2 Å². The summed E-state index contributed by atoms with van der Waals surface area (Å²) in [5, 5.41) is 8.47. The van der Waals surface area contributed by atoms with E-state index in [9.17, 15) is 9.59 Å². The largest absolute Gasteiger partial charge is 0.497 e. The van der Waals surface area contributed by atoms with Crippen LogP contribution in [0, 0.1) is 13.8 Å². The Bertz CT molecular complexity index is 939. The zero-order valence-corrected chi connectivity index (χ0v) is 16.9. The van der Waals surface area contributed by atoms with Crippen LogP contribution in [-0.2, 0) is 9.59 Å². The first-order chi connectivity index (χ1) is 14.0. The molecule has 1 heterocycles. The number of carbonyl (C=O) groups is 2. The summed E-state index contributed by atoms with van der Waals surface area (Å²) in [5.41, 5.74) is 3.01. The van der Waals surface area contributed by atoms with E-state index in [-0.39, 0.29) is 18.2 Å². The number of nitrogens with zero attached hydrogens (tertiary/aromatic N) is 2. The van der Waals surface area contributed by atoms with Gasteiger partial charge in [-0.3, -0.25) is 9.59 Å². The highest BCUT2D eigenvalue weighted by Crippen LogP contribution is 2.25. The highest BCUT2D eigenvalue weighted by molar-refractivity contribution is 6.40. The van der Waals surface area contributed by atoms with Gasteiger partial charge >= 0.3 is 0 Å². The summed E-state index contributed by atoms with van der Waals surface area (Å²) >= 11 is 0. The maximum Gasteiger partial charge on any atom is 0.267 e. The molecular formula is C22H25N3O4. The van der Waals surface area contributed by atoms with E-state index in [2.05, 4.69) is 10.4 Å². The molecule has 0 fully saturated rings. The smallest absolute Gasteiger partial charge is 0.267 e. The third-order valence-electron chi connectivity index (χ3n) is 4.59. The molecule has 0 radical (unpaired) electrons. The minimum atomic E-state index is -0.290. The molecule has 2 amide bonds. The van der Waals surface area contributed by atoms with Crippen molar-refractivity contribution in [2.75, 3.05) is 25.3 Å². The monoisotopic (exact) mass is 395 g/mol. The summed E-state index contributed by atoms with van der Waals surface area (Å²) in [6.45, 7) is 4.51. The lowest BCUT2D eigenvalue weighted by Crippen LogP contribution is -2.40. The summed E-state index contributed by atoms with van der Waals surface area (Å²) in [6.07, 6.45) is 0.572. The molecule has 3 rings (SSSR count). The SMILES string of the molecule is COc1cccc(OCCNC(=O)C2=NN(c3cc(C)ccc3C)C(=O)CC2)c1. The molecule has 0 bridgehead atoms. The molecule has 0 unspecified atom stereocenters. The maximum atomic E-state index is 12.5. The summed E-state index contributed by atoms with van der Waals surface area (Å²) in [7, 11) is 1.59. The van der Waals surface area contributed by atoms with Gasteiger partial charge in [-0.05, 0) is 43.2 Å². The molecule has 7 nitrogen and oxygen atoms in total. The number of nitrogens with one attached hydrogen (secondary N) is 1. The second-order valence-electron chi connectivity index (χ2n) is 6.83. The molecule has 1 N–H and O–H groups in total. The van der Waals surface area contributed by atoms with E-state index < -0.39 is 0 Å². The van der Waals surface area contributed by atoms with Gasteiger partial charge in [-0.1, -0.05) is 18.2 Å². The number of hydrogen-bond donors (Lipinski definition) is 1. The highest BCUT2D eigenvalue weighted by Gasteiger charge is 2.26. The maximum absolute atomic E-state index is 12.5. The van der Waals surface area contributed by atoms with Crippen molar-refractivity contribution in [1.82, 2.24) is 5.32 Å². The van der Waals surface area contributed by atoms with Gasteiger partial charge in [-0.2, -0.15) is 5.10 Å². The topological polar surface area (TPSA) is 80.2 Å². The normalized spacial score (nSPS) is 13.7. The number of anilines is 1. The Morgan fingerprint density at radius 2 is 1.93 bits per heavy atom. The van der Waals surface area contributed by atoms with Crippen molar-refractivity contribution in [2.24, 2.45) is 5.10 Å². The van der Waals surface area contributed by atoms with Crippen LogP contribution in [-0.4, -0.2) is 37.8 Å². The van der Waals surface area contributed by atoms with Crippen LogP contribution in [0.2, 0.25) is 0 Å². The number of carbonyl (C=O) groups excluding carboxylic acids is 2. The number of rotatable bonds is 7. The highest BCUT2D eigenvalue weighted by atomic mass is 16.5. The van der Waals surface area contributed by atoms with Crippen molar-refractivity contribution in [3.63, 3.8) is 0 Å². The molecule has 2 aromatic carbocycles. The molecule has 2 aromatic rings. The minimum absolute atomic E-state index is 0.114. The number of methoxy groups -OCH3 is 1. The second-order valence-corrected chi connectivity index (χ2v) is 6.83. The molecule has 1 aliphatic rings. The summed E-state index contributed by atoms with van der Waals surface area (Å²) in [5.74, 6) is 0.971. The summed E-state index contributed by atoms with van der Waals surface area (Å²) < 4.78 is 10.8.